The van der Waals surface area contributed by atoms with Crippen LogP contribution in [0.2, 0.25) is 0 Å². The molecular formula is C28H28F3N3O4. The Balaban J connectivity index is 1.67. The average Bonchev–Trinajstić information content (AvgIpc) is 2.89. The second kappa shape index (κ2) is 13.3. The van der Waals surface area contributed by atoms with Gasteiger partial charge in [-0.3, -0.25) is 14.4 Å². The maximum absolute atomic E-state index is 13.1. The Bertz CT molecular complexity index is 1210. The van der Waals surface area contributed by atoms with Gasteiger partial charge in [0.25, 0.3) is 5.91 Å². The van der Waals surface area contributed by atoms with Gasteiger partial charge in [0.15, 0.2) is 0 Å². The molecule has 38 heavy (non-hydrogen) atoms. The molecule has 0 unspecified atom stereocenters. The lowest BCUT2D eigenvalue weighted by molar-refractivity contribution is -0.143. The molecule has 0 saturated carbocycles. The fraction of sp³-hybridized carbons (Fsp3) is 0.250. The largest absolute Gasteiger partial charge is 0.466 e. The molecule has 0 saturated heterocycles. The number of carbonyl (C=O) groups is 3. The summed E-state index contributed by atoms with van der Waals surface area (Å²) in [7, 11) is 0. The molecule has 0 aliphatic heterocycles. The first-order chi connectivity index (χ1) is 18.2. The molecule has 0 radical (unpaired) electrons. The number of rotatable bonds is 11. The Kier molecular flexibility index (Phi) is 9.86. The number of carbonyl (C=O) groups excluding carboxylic acids is 3. The van der Waals surface area contributed by atoms with Crippen LogP contribution in [-0.4, -0.2) is 37.0 Å². The fourth-order valence-corrected chi connectivity index (χ4v) is 3.56. The lowest BCUT2D eigenvalue weighted by Gasteiger charge is -2.20. The fourth-order valence-electron chi connectivity index (χ4n) is 3.56. The molecule has 10 heteroatoms. The van der Waals surface area contributed by atoms with Gasteiger partial charge in [-0.15, -0.1) is 0 Å². The number of ether oxygens (including phenoxy) is 1. The standard InChI is InChI=1S/C28H28F3N3O4/c1-2-38-25(35)16-17-32-26(36)20-8-12-22(13-9-20)33-24(18-19-6-4-3-5-7-19)27(37)34-23-14-10-21(11-15-23)28(29,30)31/h3-15,24,33H,2,16-18H2,1H3,(H,32,36)(H,34,37)/t24-/m1/s1. The van der Waals surface area contributed by atoms with Crippen LogP contribution in [0.15, 0.2) is 78.9 Å². The predicted octanol–water partition coefficient (Wildman–Crippen LogP) is 5.05. The molecule has 0 aromatic heterocycles. The highest BCUT2D eigenvalue weighted by atomic mass is 19.4. The van der Waals surface area contributed by atoms with E-state index < -0.39 is 29.7 Å². The first-order valence-corrected chi connectivity index (χ1v) is 12.0. The molecule has 0 heterocycles. The minimum atomic E-state index is -4.47. The van der Waals surface area contributed by atoms with Gasteiger partial charge < -0.3 is 20.7 Å². The summed E-state index contributed by atoms with van der Waals surface area (Å²) in [5.74, 6) is -1.19. The van der Waals surface area contributed by atoms with Crippen molar-refractivity contribution in [3.8, 4) is 0 Å². The molecule has 0 fully saturated rings. The Labute approximate surface area is 218 Å². The van der Waals surface area contributed by atoms with Crippen LogP contribution in [0.5, 0.6) is 0 Å². The molecule has 3 aromatic carbocycles. The van der Waals surface area contributed by atoms with E-state index in [-0.39, 0.29) is 31.2 Å². The number of nitrogens with one attached hydrogen (secondary N) is 3. The molecule has 200 valence electrons. The normalized spacial score (nSPS) is 11.8. The number of halogens is 3. The van der Waals surface area contributed by atoms with Crippen molar-refractivity contribution in [2.45, 2.75) is 32.0 Å². The van der Waals surface area contributed by atoms with Crippen LogP contribution in [0.1, 0.15) is 34.8 Å². The third kappa shape index (κ3) is 8.65. The van der Waals surface area contributed by atoms with Crippen molar-refractivity contribution in [2.75, 3.05) is 23.8 Å². The summed E-state index contributed by atoms with van der Waals surface area (Å²) in [6.07, 6.45) is -4.10. The first kappa shape index (κ1) is 28.2. The zero-order valence-corrected chi connectivity index (χ0v) is 20.7. The molecule has 0 spiro atoms. The second-order valence-electron chi connectivity index (χ2n) is 8.34. The highest BCUT2D eigenvalue weighted by molar-refractivity contribution is 5.97. The van der Waals surface area contributed by atoms with Crippen LogP contribution >= 0.6 is 0 Å². The van der Waals surface area contributed by atoms with Crippen molar-refractivity contribution in [2.24, 2.45) is 0 Å². The second-order valence-corrected chi connectivity index (χ2v) is 8.34. The van der Waals surface area contributed by atoms with Crippen LogP contribution in [0, 0.1) is 0 Å². The smallest absolute Gasteiger partial charge is 0.416 e. The molecule has 3 N–H and O–H groups in total. The third-order valence-electron chi connectivity index (χ3n) is 5.49. The van der Waals surface area contributed by atoms with E-state index in [0.29, 0.717) is 17.7 Å². The van der Waals surface area contributed by atoms with Gasteiger partial charge in [0.2, 0.25) is 5.91 Å². The number of anilines is 2. The van der Waals surface area contributed by atoms with E-state index in [1.807, 2.05) is 30.3 Å². The van der Waals surface area contributed by atoms with Gasteiger partial charge in [0, 0.05) is 29.9 Å². The SMILES string of the molecule is CCOC(=O)CCNC(=O)c1ccc(N[C@H](Cc2ccccc2)C(=O)Nc2ccc(C(F)(F)F)cc2)cc1. The highest BCUT2D eigenvalue weighted by Crippen LogP contribution is 2.30. The lowest BCUT2D eigenvalue weighted by atomic mass is 10.0. The summed E-state index contributed by atoms with van der Waals surface area (Å²) in [5, 5.41) is 8.44. The number of hydrogen-bond acceptors (Lipinski definition) is 5. The molecule has 1 atom stereocenters. The van der Waals surface area contributed by atoms with Crippen LogP contribution in [0.4, 0.5) is 24.5 Å². The maximum atomic E-state index is 13.1. The van der Waals surface area contributed by atoms with E-state index in [1.54, 1.807) is 31.2 Å². The predicted molar refractivity (Wildman–Crippen MR) is 138 cm³/mol. The van der Waals surface area contributed by atoms with Gasteiger partial charge in [-0.2, -0.15) is 13.2 Å². The van der Waals surface area contributed by atoms with Gasteiger partial charge in [0.05, 0.1) is 18.6 Å². The monoisotopic (exact) mass is 527 g/mol. The lowest BCUT2D eigenvalue weighted by Crippen LogP contribution is -2.36. The van der Waals surface area contributed by atoms with E-state index in [9.17, 15) is 27.6 Å². The number of benzene rings is 3. The average molecular weight is 528 g/mol. The molecular weight excluding hydrogens is 499 g/mol. The van der Waals surface area contributed by atoms with Gasteiger partial charge in [0.1, 0.15) is 6.04 Å². The van der Waals surface area contributed by atoms with Crippen molar-refractivity contribution >= 4 is 29.2 Å². The molecule has 3 rings (SSSR count). The van der Waals surface area contributed by atoms with Gasteiger partial charge in [-0.1, -0.05) is 30.3 Å². The minimum Gasteiger partial charge on any atom is -0.466 e. The number of alkyl halides is 3. The van der Waals surface area contributed by atoms with Crippen LogP contribution in [-0.2, 0) is 26.9 Å². The summed E-state index contributed by atoms with van der Waals surface area (Å²) < 4.78 is 43.4. The Morgan fingerprint density at radius 3 is 2.11 bits per heavy atom. The number of amides is 2. The Morgan fingerprint density at radius 1 is 0.868 bits per heavy atom. The maximum Gasteiger partial charge on any atom is 0.416 e. The van der Waals surface area contributed by atoms with Crippen molar-refractivity contribution in [1.29, 1.82) is 0 Å². The number of hydrogen-bond donors (Lipinski definition) is 3. The minimum absolute atomic E-state index is 0.0639. The molecule has 0 bridgehead atoms. The Hall–Kier alpha value is -4.34. The topological polar surface area (TPSA) is 96.5 Å². The van der Waals surface area contributed by atoms with Gasteiger partial charge in [-0.05, 0) is 61.0 Å². The molecule has 3 aromatic rings. The quantitative estimate of drug-likeness (QED) is 0.303. The summed E-state index contributed by atoms with van der Waals surface area (Å²) in [4.78, 5) is 36.8. The number of esters is 1. The van der Waals surface area contributed by atoms with Crippen LogP contribution in [0.3, 0.4) is 0 Å². The summed E-state index contributed by atoms with van der Waals surface area (Å²) >= 11 is 0. The van der Waals surface area contributed by atoms with Crippen LogP contribution < -0.4 is 16.0 Å². The van der Waals surface area contributed by atoms with Gasteiger partial charge >= 0.3 is 12.1 Å². The van der Waals surface area contributed by atoms with Crippen LogP contribution in [0.25, 0.3) is 0 Å². The van der Waals surface area contributed by atoms with Gasteiger partial charge in [-0.25, -0.2) is 0 Å². The Morgan fingerprint density at radius 2 is 1.50 bits per heavy atom. The van der Waals surface area contributed by atoms with E-state index in [4.69, 9.17) is 4.74 Å². The highest BCUT2D eigenvalue weighted by Gasteiger charge is 2.30. The van der Waals surface area contributed by atoms with E-state index in [0.717, 1.165) is 17.7 Å². The zero-order chi connectivity index (χ0) is 27.5. The van der Waals surface area contributed by atoms with Crippen molar-refractivity contribution < 1.29 is 32.3 Å². The molecule has 7 nitrogen and oxygen atoms in total. The van der Waals surface area contributed by atoms with Crippen molar-refractivity contribution in [3.63, 3.8) is 0 Å². The molecule has 0 aliphatic rings. The van der Waals surface area contributed by atoms with E-state index >= 15 is 0 Å². The van der Waals surface area contributed by atoms with E-state index in [1.165, 1.54) is 12.1 Å². The van der Waals surface area contributed by atoms with Crippen molar-refractivity contribution in [1.82, 2.24) is 5.32 Å². The summed E-state index contributed by atoms with van der Waals surface area (Å²) in [6, 6.07) is 19.2. The third-order valence-corrected chi connectivity index (χ3v) is 5.49. The van der Waals surface area contributed by atoms with Crippen molar-refractivity contribution in [3.05, 3.63) is 95.6 Å². The zero-order valence-electron chi connectivity index (χ0n) is 20.7. The molecule has 2 amide bonds. The molecule has 0 aliphatic carbocycles. The van der Waals surface area contributed by atoms with E-state index in [2.05, 4.69) is 16.0 Å². The first-order valence-electron chi connectivity index (χ1n) is 12.0. The summed E-state index contributed by atoms with van der Waals surface area (Å²) in [5.41, 5.74) is 1.24. The summed E-state index contributed by atoms with van der Waals surface area (Å²) in [6.45, 7) is 2.12.